The third kappa shape index (κ3) is 2.15. The van der Waals surface area contributed by atoms with E-state index in [0.29, 0.717) is 10.5 Å². The summed E-state index contributed by atoms with van der Waals surface area (Å²) in [4.78, 5) is 4.16. The highest BCUT2D eigenvalue weighted by Crippen LogP contribution is 2.31. The molecule has 1 N–H and O–H groups in total. The van der Waals surface area contributed by atoms with Gasteiger partial charge < -0.3 is 5.32 Å². The van der Waals surface area contributed by atoms with Gasteiger partial charge in [0.25, 0.3) is 0 Å². The van der Waals surface area contributed by atoms with E-state index in [9.17, 15) is 0 Å². The number of aromatic nitrogens is 1. The fourth-order valence-corrected chi connectivity index (χ4v) is 2.31. The third-order valence-electron chi connectivity index (χ3n) is 2.71. The Morgan fingerprint density at radius 1 is 1.69 bits per heavy atom. The number of anilines is 1. The van der Waals surface area contributed by atoms with Crippen molar-refractivity contribution in [3.63, 3.8) is 0 Å². The molecule has 0 bridgehead atoms. The van der Waals surface area contributed by atoms with Crippen LogP contribution in [0, 0.1) is 5.92 Å². The highest BCUT2D eigenvalue weighted by atomic mass is 35.5. The maximum atomic E-state index is 5.74. The van der Waals surface area contributed by atoms with E-state index >= 15 is 0 Å². The maximum Gasteiger partial charge on any atom is 0.185 e. The standard InChI is InChI=1S/C9H13ClN2S/c1-6(7-3-2-4-7)11-8-5-13-9(10)12-8/h5-7,11H,2-4H2,1H3. The van der Waals surface area contributed by atoms with Crippen molar-refractivity contribution in [3.05, 3.63) is 9.85 Å². The van der Waals surface area contributed by atoms with Crippen LogP contribution in [0.2, 0.25) is 4.47 Å². The highest BCUT2D eigenvalue weighted by molar-refractivity contribution is 7.14. The summed E-state index contributed by atoms with van der Waals surface area (Å²) in [6.07, 6.45) is 4.09. The van der Waals surface area contributed by atoms with E-state index in [1.54, 1.807) is 0 Å². The molecule has 0 saturated heterocycles. The van der Waals surface area contributed by atoms with Crippen LogP contribution in [-0.2, 0) is 0 Å². The summed E-state index contributed by atoms with van der Waals surface area (Å²) in [7, 11) is 0. The molecule has 1 fully saturated rings. The zero-order chi connectivity index (χ0) is 9.26. The van der Waals surface area contributed by atoms with E-state index in [2.05, 4.69) is 17.2 Å². The lowest BCUT2D eigenvalue weighted by Crippen LogP contribution is -2.30. The first-order valence-corrected chi connectivity index (χ1v) is 5.89. The van der Waals surface area contributed by atoms with Crippen LogP contribution in [0.1, 0.15) is 26.2 Å². The molecule has 0 radical (unpaired) electrons. The van der Waals surface area contributed by atoms with Crippen LogP contribution in [-0.4, -0.2) is 11.0 Å². The van der Waals surface area contributed by atoms with Gasteiger partial charge in [-0.3, -0.25) is 0 Å². The van der Waals surface area contributed by atoms with Gasteiger partial charge in [0.05, 0.1) is 0 Å². The van der Waals surface area contributed by atoms with Crippen molar-refractivity contribution in [2.24, 2.45) is 5.92 Å². The molecule has 2 nitrogen and oxygen atoms in total. The summed E-state index contributed by atoms with van der Waals surface area (Å²) in [5.41, 5.74) is 0. The molecule has 1 saturated carbocycles. The van der Waals surface area contributed by atoms with Crippen LogP contribution < -0.4 is 5.32 Å². The van der Waals surface area contributed by atoms with Crippen molar-refractivity contribution >= 4 is 28.8 Å². The van der Waals surface area contributed by atoms with Gasteiger partial charge in [-0.25, -0.2) is 4.98 Å². The van der Waals surface area contributed by atoms with Crippen LogP contribution in [0.5, 0.6) is 0 Å². The number of hydrogen-bond donors (Lipinski definition) is 1. The monoisotopic (exact) mass is 216 g/mol. The molecule has 13 heavy (non-hydrogen) atoms. The summed E-state index contributed by atoms with van der Waals surface area (Å²) in [6.45, 7) is 2.22. The Bertz CT molecular complexity index is 283. The second-order valence-electron chi connectivity index (χ2n) is 3.61. The van der Waals surface area contributed by atoms with Gasteiger partial charge in [-0.1, -0.05) is 18.0 Å². The first kappa shape index (κ1) is 9.28. The number of nitrogens with zero attached hydrogens (tertiary/aromatic N) is 1. The molecule has 1 aromatic rings. The van der Waals surface area contributed by atoms with Crippen LogP contribution in [0.4, 0.5) is 5.82 Å². The minimum Gasteiger partial charge on any atom is -0.367 e. The summed E-state index contributed by atoms with van der Waals surface area (Å²) >= 11 is 7.21. The molecule has 2 rings (SSSR count). The second-order valence-corrected chi connectivity index (χ2v) is 5.05. The van der Waals surface area contributed by atoms with E-state index in [1.807, 2.05) is 5.38 Å². The van der Waals surface area contributed by atoms with Crippen LogP contribution >= 0.6 is 22.9 Å². The molecule has 1 heterocycles. The fourth-order valence-electron chi connectivity index (χ4n) is 1.61. The Kier molecular flexibility index (Phi) is 2.74. The molecule has 72 valence electrons. The van der Waals surface area contributed by atoms with Gasteiger partial charge >= 0.3 is 0 Å². The SMILES string of the molecule is CC(Nc1csc(Cl)n1)C1CCC1. The molecule has 0 aromatic carbocycles. The van der Waals surface area contributed by atoms with E-state index in [0.717, 1.165) is 11.7 Å². The predicted octanol–water partition coefficient (Wildman–Crippen LogP) is 3.40. The molecule has 1 unspecified atom stereocenters. The predicted molar refractivity (Wildman–Crippen MR) is 57.5 cm³/mol. The molecule has 0 aliphatic heterocycles. The minimum atomic E-state index is 0.534. The summed E-state index contributed by atoms with van der Waals surface area (Å²) in [5.74, 6) is 1.76. The minimum absolute atomic E-state index is 0.534. The quantitative estimate of drug-likeness (QED) is 0.838. The normalized spacial score (nSPS) is 19.5. The van der Waals surface area contributed by atoms with Gasteiger partial charge in [-0.2, -0.15) is 0 Å². The molecule has 0 amide bonds. The Hall–Kier alpha value is -0.280. The largest absolute Gasteiger partial charge is 0.367 e. The Balaban J connectivity index is 1.89. The van der Waals surface area contributed by atoms with E-state index in [-0.39, 0.29) is 0 Å². The topological polar surface area (TPSA) is 24.9 Å². The number of halogens is 1. The van der Waals surface area contributed by atoms with Crippen LogP contribution in [0.25, 0.3) is 0 Å². The van der Waals surface area contributed by atoms with Crippen molar-refractivity contribution < 1.29 is 0 Å². The number of nitrogens with one attached hydrogen (secondary N) is 1. The van der Waals surface area contributed by atoms with Gasteiger partial charge in [0.2, 0.25) is 0 Å². The average Bonchev–Trinajstić information content (AvgIpc) is 2.31. The molecule has 1 aliphatic carbocycles. The van der Waals surface area contributed by atoms with Gasteiger partial charge in [-0.05, 0) is 25.7 Å². The summed E-state index contributed by atoms with van der Waals surface area (Å²) in [5, 5.41) is 5.35. The van der Waals surface area contributed by atoms with Crippen molar-refractivity contribution in [3.8, 4) is 0 Å². The molecule has 1 aliphatic rings. The number of rotatable bonds is 3. The van der Waals surface area contributed by atoms with E-state index in [4.69, 9.17) is 11.6 Å². The van der Waals surface area contributed by atoms with Crippen LogP contribution in [0.3, 0.4) is 0 Å². The van der Waals surface area contributed by atoms with Crippen molar-refractivity contribution in [1.82, 2.24) is 4.98 Å². The molecule has 0 spiro atoms. The van der Waals surface area contributed by atoms with Gasteiger partial charge in [0, 0.05) is 11.4 Å². The smallest absolute Gasteiger partial charge is 0.185 e. The fraction of sp³-hybridized carbons (Fsp3) is 0.667. The zero-order valence-corrected chi connectivity index (χ0v) is 9.16. The average molecular weight is 217 g/mol. The summed E-state index contributed by atoms with van der Waals surface area (Å²) in [6, 6.07) is 0.534. The van der Waals surface area contributed by atoms with Crippen molar-refractivity contribution in [2.75, 3.05) is 5.32 Å². The molecule has 4 heteroatoms. The lowest BCUT2D eigenvalue weighted by atomic mass is 9.80. The first-order chi connectivity index (χ1) is 6.25. The Labute approximate surface area is 87.3 Å². The molecule has 1 aromatic heterocycles. The van der Waals surface area contributed by atoms with Gasteiger partial charge in [0.15, 0.2) is 4.47 Å². The van der Waals surface area contributed by atoms with Gasteiger partial charge in [-0.15, -0.1) is 11.3 Å². The maximum absolute atomic E-state index is 5.74. The lowest BCUT2D eigenvalue weighted by Gasteiger charge is -2.31. The Morgan fingerprint density at radius 3 is 2.92 bits per heavy atom. The third-order valence-corrected chi connectivity index (χ3v) is 3.69. The van der Waals surface area contributed by atoms with Crippen molar-refractivity contribution in [2.45, 2.75) is 32.2 Å². The zero-order valence-electron chi connectivity index (χ0n) is 7.59. The summed E-state index contributed by atoms with van der Waals surface area (Å²) < 4.78 is 0.614. The number of hydrogen-bond acceptors (Lipinski definition) is 3. The molecular weight excluding hydrogens is 204 g/mol. The molecule has 1 atom stereocenters. The molecular formula is C9H13ClN2S. The highest BCUT2D eigenvalue weighted by Gasteiger charge is 2.23. The first-order valence-electron chi connectivity index (χ1n) is 4.63. The van der Waals surface area contributed by atoms with Crippen LogP contribution in [0.15, 0.2) is 5.38 Å². The lowest BCUT2D eigenvalue weighted by molar-refractivity contribution is 0.285. The number of thiazole rings is 1. The second kappa shape index (κ2) is 3.84. The van der Waals surface area contributed by atoms with Crippen molar-refractivity contribution in [1.29, 1.82) is 0 Å². The van der Waals surface area contributed by atoms with E-state index < -0.39 is 0 Å². The Morgan fingerprint density at radius 2 is 2.46 bits per heavy atom. The van der Waals surface area contributed by atoms with E-state index in [1.165, 1.54) is 30.6 Å². The van der Waals surface area contributed by atoms with Gasteiger partial charge in [0.1, 0.15) is 5.82 Å².